The zero-order valence-electron chi connectivity index (χ0n) is 15.0. The first-order valence-electron chi connectivity index (χ1n) is 9.63. The summed E-state index contributed by atoms with van der Waals surface area (Å²) in [6.07, 6.45) is 9.64. The van der Waals surface area contributed by atoms with Gasteiger partial charge < -0.3 is 4.90 Å². The number of carbonyl (C=O) groups excluding carboxylic acids is 2. The second-order valence-electron chi connectivity index (χ2n) is 7.44. The maximum atomic E-state index is 13.0. The number of hydrogen-bond acceptors (Lipinski definition) is 3. The third kappa shape index (κ3) is 3.30. The number of carbonyl (C=O) groups is 2. The van der Waals surface area contributed by atoms with Crippen molar-refractivity contribution in [3.63, 3.8) is 0 Å². The summed E-state index contributed by atoms with van der Waals surface area (Å²) >= 11 is 0. The predicted molar refractivity (Wildman–Crippen MR) is 98.6 cm³/mol. The minimum atomic E-state index is -0.341. The molecule has 0 radical (unpaired) electrons. The summed E-state index contributed by atoms with van der Waals surface area (Å²) in [6.45, 7) is 0. The Morgan fingerprint density at radius 3 is 2.50 bits per heavy atom. The van der Waals surface area contributed by atoms with E-state index in [4.69, 9.17) is 0 Å². The molecule has 5 nitrogen and oxygen atoms in total. The zero-order chi connectivity index (χ0) is 17.9. The fourth-order valence-corrected chi connectivity index (χ4v) is 4.58. The van der Waals surface area contributed by atoms with Gasteiger partial charge in [-0.2, -0.15) is 5.10 Å². The van der Waals surface area contributed by atoms with Crippen molar-refractivity contribution in [3.05, 3.63) is 54.4 Å². The van der Waals surface area contributed by atoms with Gasteiger partial charge in [-0.3, -0.25) is 9.59 Å². The van der Waals surface area contributed by atoms with E-state index in [1.54, 1.807) is 18.5 Å². The molecule has 1 aromatic carbocycles. The van der Waals surface area contributed by atoms with Crippen LogP contribution in [0.4, 0.5) is 0 Å². The average Bonchev–Trinajstić information content (AvgIpc) is 3.23. The number of rotatable bonds is 5. The van der Waals surface area contributed by atoms with Gasteiger partial charge in [-0.1, -0.05) is 30.3 Å². The molecule has 2 saturated heterocycles. The number of piperidine rings is 2. The lowest BCUT2D eigenvalue weighted by molar-refractivity contribution is -0.142. The highest BCUT2D eigenvalue weighted by Gasteiger charge is 2.47. The van der Waals surface area contributed by atoms with Crippen molar-refractivity contribution in [3.8, 4) is 0 Å². The molecule has 0 N–H and O–H groups in total. The Labute approximate surface area is 154 Å². The van der Waals surface area contributed by atoms with Gasteiger partial charge in [0.05, 0.1) is 0 Å². The topological polar surface area (TPSA) is 55.2 Å². The molecule has 1 aromatic heterocycles. The monoisotopic (exact) mass is 351 g/mol. The molecule has 5 rings (SSSR count). The summed E-state index contributed by atoms with van der Waals surface area (Å²) in [4.78, 5) is 27.9. The molecule has 136 valence electrons. The van der Waals surface area contributed by atoms with Crippen LogP contribution < -0.4 is 0 Å². The SMILES string of the molecule is O=C(CCCc1ccccc1)N1C2CCC(CC2)[C@@H]1C(=O)n1cccn1. The van der Waals surface area contributed by atoms with Crippen LogP contribution in [-0.4, -0.2) is 38.6 Å². The maximum Gasteiger partial charge on any atom is 0.269 e. The number of hydrogen-bond donors (Lipinski definition) is 0. The molecular weight excluding hydrogens is 326 g/mol. The Kier molecular flexibility index (Phi) is 4.87. The number of aromatic nitrogens is 2. The van der Waals surface area contributed by atoms with E-state index in [2.05, 4.69) is 17.2 Å². The summed E-state index contributed by atoms with van der Waals surface area (Å²) < 4.78 is 1.40. The van der Waals surface area contributed by atoms with Crippen LogP contribution in [-0.2, 0) is 11.2 Å². The van der Waals surface area contributed by atoms with Gasteiger partial charge in [0.15, 0.2) is 0 Å². The molecular formula is C21H25N3O2. The minimum absolute atomic E-state index is 0.0548. The van der Waals surface area contributed by atoms with Crippen LogP contribution in [0.15, 0.2) is 48.8 Å². The third-order valence-corrected chi connectivity index (χ3v) is 5.85. The van der Waals surface area contributed by atoms with Crippen molar-refractivity contribution < 1.29 is 9.59 Å². The predicted octanol–water partition coefficient (Wildman–Crippen LogP) is 3.32. The second kappa shape index (κ2) is 7.44. The standard InChI is InChI=1S/C21H25N3O2/c25-19(9-4-8-16-6-2-1-3-7-16)24-18-12-10-17(11-13-18)20(24)21(26)23-15-5-14-22-23/h1-3,5-7,14-15,17-18,20H,4,8-13H2/t17?,18?,20-/m1/s1. The molecule has 1 aliphatic carbocycles. The van der Waals surface area contributed by atoms with Gasteiger partial charge in [0.25, 0.3) is 5.91 Å². The Morgan fingerprint density at radius 1 is 1.04 bits per heavy atom. The van der Waals surface area contributed by atoms with E-state index in [0.29, 0.717) is 6.42 Å². The zero-order valence-corrected chi connectivity index (χ0v) is 15.0. The first-order chi connectivity index (χ1) is 12.7. The highest BCUT2D eigenvalue weighted by Crippen LogP contribution is 2.40. The molecule has 1 atom stereocenters. The molecule has 2 bridgehead atoms. The van der Waals surface area contributed by atoms with E-state index >= 15 is 0 Å². The number of fused-ring (bicyclic) bond motifs is 3. The van der Waals surface area contributed by atoms with Crippen molar-refractivity contribution in [2.24, 2.45) is 5.92 Å². The van der Waals surface area contributed by atoms with Crippen molar-refractivity contribution in [1.29, 1.82) is 0 Å². The summed E-state index contributed by atoms with van der Waals surface area (Å²) in [6, 6.07) is 11.9. The Hall–Kier alpha value is -2.43. The third-order valence-electron chi connectivity index (χ3n) is 5.85. The van der Waals surface area contributed by atoms with Crippen LogP contribution in [0.25, 0.3) is 0 Å². The van der Waals surface area contributed by atoms with Crippen LogP contribution in [0.1, 0.15) is 48.9 Å². The van der Waals surface area contributed by atoms with Gasteiger partial charge >= 0.3 is 0 Å². The highest BCUT2D eigenvalue weighted by molar-refractivity contribution is 5.89. The largest absolute Gasteiger partial charge is 0.327 e. The molecule has 0 unspecified atom stereocenters. The van der Waals surface area contributed by atoms with E-state index in [1.165, 1.54) is 10.2 Å². The van der Waals surface area contributed by atoms with Crippen molar-refractivity contribution in [2.75, 3.05) is 0 Å². The first-order valence-corrected chi connectivity index (χ1v) is 9.63. The van der Waals surface area contributed by atoms with Crippen molar-refractivity contribution in [1.82, 2.24) is 14.7 Å². The van der Waals surface area contributed by atoms with E-state index in [-0.39, 0.29) is 29.8 Å². The summed E-state index contributed by atoms with van der Waals surface area (Å²) in [5, 5.41) is 4.10. The van der Waals surface area contributed by atoms with E-state index < -0.39 is 0 Å². The molecule has 3 heterocycles. The van der Waals surface area contributed by atoms with Gasteiger partial charge in [-0.15, -0.1) is 0 Å². The fourth-order valence-electron chi connectivity index (χ4n) is 4.58. The molecule has 3 aliphatic rings. The maximum absolute atomic E-state index is 13.0. The molecule has 1 amide bonds. The van der Waals surface area contributed by atoms with Crippen LogP contribution in [0.3, 0.4) is 0 Å². The summed E-state index contributed by atoms with van der Waals surface area (Å²) in [5.41, 5.74) is 1.25. The summed E-state index contributed by atoms with van der Waals surface area (Å²) in [5.74, 6) is 0.344. The second-order valence-corrected chi connectivity index (χ2v) is 7.44. The number of aryl methyl sites for hydroxylation is 1. The Morgan fingerprint density at radius 2 is 1.81 bits per heavy atom. The molecule has 26 heavy (non-hydrogen) atoms. The lowest BCUT2D eigenvalue weighted by Gasteiger charge is -2.50. The fraction of sp³-hybridized carbons (Fsp3) is 0.476. The smallest absolute Gasteiger partial charge is 0.269 e. The van der Waals surface area contributed by atoms with Crippen LogP contribution in [0.2, 0.25) is 0 Å². The van der Waals surface area contributed by atoms with Crippen molar-refractivity contribution >= 4 is 11.8 Å². The van der Waals surface area contributed by atoms with Gasteiger partial charge in [0.2, 0.25) is 5.91 Å². The first kappa shape index (κ1) is 17.0. The quantitative estimate of drug-likeness (QED) is 0.830. The van der Waals surface area contributed by atoms with E-state index in [9.17, 15) is 9.59 Å². The lowest BCUT2D eigenvalue weighted by Crippen LogP contribution is -2.61. The van der Waals surface area contributed by atoms with E-state index in [1.807, 2.05) is 23.1 Å². The van der Waals surface area contributed by atoms with Crippen LogP contribution >= 0.6 is 0 Å². The molecule has 3 fully saturated rings. The number of nitrogens with zero attached hydrogens (tertiary/aromatic N) is 3. The molecule has 1 saturated carbocycles. The van der Waals surface area contributed by atoms with Gasteiger partial charge in [0.1, 0.15) is 6.04 Å². The summed E-state index contributed by atoms with van der Waals surface area (Å²) in [7, 11) is 0. The van der Waals surface area contributed by atoms with E-state index in [0.717, 1.165) is 38.5 Å². The van der Waals surface area contributed by atoms with Crippen LogP contribution in [0, 0.1) is 5.92 Å². The molecule has 2 aromatic rings. The average molecular weight is 351 g/mol. The Bertz CT molecular complexity index is 749. The lowest BCUT2D eigenvalue weighted by atomic mass is 9.74. The molecule has 0 spiro atoms. The highest BCUT2D eigenvalue weighted by atomic mass is 16.2. The minimum Gasteiger partial charge on any atom is -0.327 e. The van der Waals surface area contributed by atoms with Gasteiger partial charge in [-0.05, 0) is 56.1 Å². The Balaban J connectivity index is 1.45. The van der Waals surface area contributed by atoms with Gasteiger partial charge in [0, 0.05) is 24.9 Å². The van der Waals surface area contributed by atoms with Crippen LogP contribution in [0.5, 0.6) is 0 Å². The normalized spacial score (nSPS) is 24.6. The molecule has 5 heteroatoms. The number of benzene rings is 1. The van der Waals surface area contributed by atoms with Crippen molar-refractivity contribution in [2.45, 2.75) is 57.0 Å². The van der Waals surface area contributed by atoms with Gasteiger partial charge in [-0.25, -0.2) is 4.68 Å². The number of amides is 1. The molecule has 2 aliphatic heterocycles.